The topological polar surface area (TPSA) is 119 Å². The van der Waals surface area contributed by atoms with E-state index in [1.807, 2.05) is 0 Å². The second kappa shape index (κ2) is 8.44. The maximum Gasteiger partial charge on any atom is 0.335 e. The molecular formula is C16H22FN3O5S2. The highest BCUT2D eigenvalue weighted by Crippen LogP contribution is 2.24. The van der Waals surface area contributed by atoms with E-state index in [0.717, 1.165) is 6.07 Å². The van der Waals surface area contributed by atoms with Crippen molar-refractivity contribution >= 4 is 19.9 Å². The molecule has 1 aromatic carbocycles. The summed E-state index contributed by atoms with van der Waals surface area (Å²) in [6.07, 6.45) is 0.423. The summed E-state index contributed by atoms with van der Waals surface area (Å²) in [6.45, 7) is 5.19. The lowest BCUT2D eigenvalue weighted by atomic mass is 10.1. The molecule has 1 atom stereocenters. The van der Waals surface area contributed by atoms with Crippen LogP contribution in [0, 0.1) is 11.7 Å². The molecule has 2 rings (SSSR count). The fourth-order valence-electron chi connectivity index (χ4n) is 2.35. The van der Waals surface area contributed by atoms with Crippen molar-refractivity contribution in [2.24, 2.45) is 5.92 Å². The summed E-state index contributed by atoms with van der Waals surface area (Å²) in [4.78, 5) is 0. The van der Waals surface area contributed by atoms with Crippen molar-refractivity contribution in [3.8, 4) is 0 Å². The molecule has 27 heavy (non-hydrogen) atoms. The van der Waals surface area contributed by atoms with Crippen LogP contribution in [-0.4, -0.2) is 32.8 Å². The smallest absolute Gasteiger partial charge is 0.335 e. The molecule has 2 aromatic rings. The summed E-state index contributed by atoms with van der Waals surface area (Å²) in [5, 5.41) is 6.55. The van der Waals surface area contributed by atoms with Crippen LogP contribution in [-0.2, 0) is 25.6 Å². The highest BCUT2D eigenvalue weighted by molar-refractivity contribution is 7.90. The molecule has 0 spiro atoms. The SMILES string of the molecule is CCCS(=O)(=O)N[C@H](c1nnc(S(=O)(=O)Cc2ccccc2F)o1)C(C)C. The first-order valence-electron chi connectivity index (χ1n) is 8.35. The van der Waals surface area contributed by atoms with Gasteiger partial charge < -0.3 is 4.42 Å². The first kappa shape index (κ1) is 21.5. The Bertz CT molecular complexity index is 987. The molecule has 0 amide bonds. The van der Waals surface area contributed by atoms with E-state index in [-0.39, 0.29) is 23.1 Å². The molecule has 1 aromatic heterocycles. The van der Waals surface area contributed by atoms with Crippen molar-refractivity contribution < 1.29 is 25.6 Å². The zero-order chi connectivity index (χ0) is 20.2. The monoisotopic (exact) mass is 419 g/mol. The fourth-order valence-corrected chi connectivity index (χ4v) is 4.91. The molecule has 0 bridgehead atoms. The predicted molar refractivity (Wildman–Crippen MR) is 96.4 cm³/mol. The summed E-state index contributed by atoms with van der Waals surface area (Å²) >= 11 is 0. The number of sulfone groups is 1. The van der Waals surface area contributed by atoms with Crippen molar-refractivity contribution in [2.75, 3.05) is 5.75 Å². The Hall–Kier alpha value is -1.85. The molecule has 1 N–H and O–H groups in total. The van der Waals surface area contributed by atoms with Crippen LogP contribution in [0.15, 0.2) is 33.9 Å². The number of hydrogen-bond donors (Lipinski definition) is 1. The van der Waals surface area contributed by atoms with E-state index in [2.05, 4.69) is 14.9 Å². The van der Waals surface area contributed by atoms with Gasteiger partial charge in [-0.05, 0) is 18.4 Å². The second-order valence-electron chi connectivity index (χ2n) is 6.42. The van der Waals surface area contributed by atoms with Gasteiger partial charge in [-0.3, -0.25) is 0 Å². The summed E-state index contributed by atoms with van der Waals surface area (Å²) < 4.78 is 70.4. The van der Waals surface area contributed by atoms with Gasteiger partial charge in [-0.1, -0.05) is 44.1 Å². The van der Waals surface area contributed by atoms with Crippen LogP contribution in [0.1, 0.15) is 44.7 Å². The molecule has 11 heteroatoms. The average molecular weight is 420 g/mol. The molecule has 0 aliphatic heterocycles. The molecule has 0 radical (unpaired) electrons. The van der Waals surface area contributed by atoms with Crippen LogP contribution < -0.4 is 4.72 Å². The molecule has 8 nitrogen and oxygen atoms in total. The first-order chi connectivity index (χ1) is 12.6. The Balaban J connectivity index is 2.28. The maximum atomic E-state index is 13.7. The Morgan fingerprint density at radius 2 is 1.81 bits per heavy atom. The minimum absolute atomic E-state index is 0.0266. The molecule has 0 aliphatic carbocycles. The van der Waals surface area contributed by atoms with E-state index in [9.17, 15) is 21.2 Å². The van der Waals surface area contributed by atoms with E-state index in [1.165, 1.54) is 18.2 Å². The van der Waals surface area contributed by atoms with Gasteiger partial charge in [0, 0.05) is 5.56 Å². The molecular weight excluding hydrogens is 397 g/mol. The lowest BCUT2D eigenvalue weighted by molar-refractivity contribution is 0.326. The van der Waals surface area contributed by atoms with Crippen molar-refractivity contribution in [1.29, 1.82) is 0 Å². The number of benzene rings is 1. The average Bonchev–Trinajstić information content (AvgIpc) is 3.05. The molecule has 0 aliphatic rings. The zero-order valence-corrected chi connectivity index (χ0v) is 16.8. The lowest BCUT2D eigenvalue weighted by Gasteiger charge is -2.18. The van der Waals surface area contributed by atoms with Crippen LogP contribution in [0.25, 0.3) is 0 Å². The Morgan fingerprint density at radius 1 is 1.15 bits per heavy atom. The third kappa shape index (κ3) is 5.56. The van der Waals surface area contributed by atoms with Crippen molar-refractivity contribution in [3.63, 3.8) is 0 Å². The van der Waals surface area contributed by atoms with E-state index >= 15 is 0 Å². The quantitative estimate of drug-likeness (QED) is 0.662. The summed E-state index contributed by atoms with van der Waals surface area (Å²) in [5.41, 5.74) is -0.0266. The molecule has 0 saturated carbocycles. The van der Waals surface area contributed by atoms with Crippen molar-refractivity contribution in [1.82, 2.24) is 14.9 Å². The Kier molecular flexibility index (Phi) is 6.71. The minimum Gasteiger partial charge on any atom is -0.411 e. The van der Waals surface area contributed by atoms with Gasteiger partial charge in [0.25, 0.3) is 0 Å². The number of sulfonamides is 1. The highest BCUT2D eigenvalue weighted by atomic mass is 32.2. The van der Waals surface area contributed by atoms with Crippen LogP contribution >= 0.6 is 0 Å². The second-order valence-corrected chi connectivity index (χ2v) is 10.2. The molecule has 1 heterocycles. The Labute approximate surface area is 158 Å². The van der Waals surface area contributed by atoms with E-state index in [4.69, 9.17) is 4.42 Å². The number of nitrogens with one attached hydrogen (secondary N) is 1. The first-order valence-corrected chi connectivity index (χ1v) is 11.7. The van der Waals surface area contributed by atoms with Gasteiger partial charge in [-0.15, -0.1) is 5.10 Å². The maximum absolute atomic E-state index is 13.7. The van der Waals surface area contributed by atoms with Crippen LogP contribution in [0.4, 0.5) is 4.39 Å². The Morgan fingerprint density at radius 3 is 2.41 bits per heavy atom. The number of halogens is 1. The van der Waals surface area contributed by atoms with E-state index in [1.54, 1.807) is 20.8 Å². The summed E-state index contributed by atoms with van der Waals surface area (Å²) in [5.74, 6) is -1.80. The summed E-state index contributed by atoms with van der Waals surface area (Å²) in [7, 11) is -7.67. The fraction of sp³-hybridized carbons (Fsp3) is 0.500. The van der Waals surface area contributed by atoms with Crippen molar-refractivity contribution in [3.05, 3.63) is 41.5 Å². The van der Waals surface area contributed by atoms with Gasteiger partial charge in [-0.25, -0.2) is 25.9 Å². The van der Waals surface area contributed by atoms with Gasteiger partial charge in [0.15, 0.2) is 0 Å². The van der Waals surface area contributed by atoms with Gasteiger partial charge in [0.05, 0.1) is 11.5 Å². The molecule has 0 saturated heterocycles. The molecule has 0 unspecified atom stereocenters. The van der Waals surface area contributed by atoms with Crippen LogP contribution in [0.2, 0.25) is 0 Å². The van der Waals surface area contributed by atoms with Crippen molar-refractivity contribution in [2.45, 2.75) is 44.2 Å². The van der Waals surface area contributed by atoms with E-state index < -0.39 is 42.7 Å². The van der Waals surface area contributed by atoms with Gasteiger partial charge in [0.1, 0.15) is 11.9 Å². The van der Waals surface area contributed by atoms with Gasteiger partial charge in [0.2, 0.25) is 25.8 Å². The number of nitrogens with zero attached hydrogens (tertiary/aromatic N) is 2. The largest absolute Gasteiger partial charge is 0.411 e. The van der Waals surface area contributed by atoms with Crippen LogP contribution in [0.3, 0.4) is 0 Å². The summed E-state index contributed by atoms with van der Waals surface area (Å²) in [6, 6.07) is 4.60. The third-order valence-electron chi connectivity index (χ3n) is 3.70. The number of aromatic nitrogens is 2. The zero-order valence-electron chi connectivity index (χ0n) is 15.2. The van der Waals surface area contributed by atoms with Gasteiger partial charge >= 0.3 is 5.22 Å². The standard InChI is InChI=1S/C16H22FN3O5S2/c1-4-9-27(23,24)20-14(11(2)3)15-18-19-16(25-15)26(21,22)10-12-7-5-6-8-13(12)17/h5-8,11,14,20H,4,9-10H2,1-3H3/t14-/m0/s1. The predicted octanol–water partition coefficient (Wildman–Crippen LogP) is 2.21. The highest BCUT2D eigenvalue weighted by Gasteiger charge is 2.30. The molecule has 150 valence electrons. The number of hydrogen-bond acceptors (Lipinski definition) is 7. The minimum atomic E-state index is -4.09. The third-order valence-corrected chi connectivity index (χ3v) is 6.65. The van der Waals surface area contributed by atoms with E-state index in [0.29, 0.717) is 6.42 Å². The lowest BCUT2D eigenvalue weighted by Crippen LogP contribution is -2.33. The number of rotatable bonds is 9. The van der Waals surface area contributed by atoms with Crippen LogP contribution in [0.5, 0.6) is 0 Å². The van der Waals surface area contributed by atoms with Gasteiger partial charge in [-0.2, -0.15) is 0 Å². The normalized spacial score (nSPS) is 13.8. The molecule has 0 fully saturated rings.